The highest BCUT2D eigenvalue weighted by atomic mass is 79.9. The predicted molar refractivity (Wildman–Crippen MR) is 144 cm³/mol. The highest BCUT2D eigenvalue weighted by molar-refractivity contribution is 9.10. The van der Waals surface area contributed by atoms with E-state index in [-0.39, 0.29) is 11.3 Å². The minimum atomic E-state index is -0.684. The summed E-state index contributed by atoms with van der Waals surface area (Å²) in [7, 11) is 3.82. The van der Waals surface area contributed by atoms with Crippen LogP contribution in [0.2, 0.25) is 0 Å². The van der Waals surface area contributed by atoms with Crippen LogP contribution in [0.4, 0.5) is 0 Å². The molecule has 1 heterocycles. The van der Waals surface area contributed by atoms with E-state index in [1.807, 2.05) is 86.6 Å². The summed E-state index contributed by atoms with van der Waals surface area (Å²) in [6, 6.07) is 22.0. The summed E-state index contributed by atoms with van der Waals surface area (Å²) in [6.07, 6.45) is 0. The van der Waals surface area contributed by atoms with E-state index in [9.17, 15) is 14.7 Å². The van der Waals surface area contributed by atoms with E-state index in [4.69, 9.17) is 4.74 Å². The van der Waals surface area contributed by atoms with Crippen molar-refractivity contribution < 1.29 is 19.4 Å². The summed E-state index contributed by atoms with van der Waals surface area (Å²) in [5, 5.41) is 11.4. The van der Waals surface area contributed by atoms with Crippen LogP contribution in [-0.2, 0) is 16.2 Å². The van der Waals surface area contributed by atoms with Gasteiger partial charge in [-0.15, -0.1) is 0 Å². The van der Waals surface area contributed by atoms with Gasteiger partial charge in [-0.3, -0.25) is 9.59 Å². The van der Waals surface area contributed by atoms with Gasteiger partial charge in [-0.05, 0) is 68.0 Å². The van der Waals surface area contributed by atoms with Crippen LogP contribution in [0.25, 0.3) is 5.76 Å². The van der Waals surface area contributed by atoms with E-state index in [0.29, 0.717) is 31.0 Å². The molecule has 36 heavy (non-hydrogen) atoms. The van der Waals surface area contributed by atoms with E-state index in [0.717, 1.165) is 21.2 Å². The zero-order valence-electron chi connectivity index (χ0n) is 20.6. The molecular weight excluding hydrogens is 520 g/mol. The molecule has 1 aliphatic heterocycles. The standard InChI is InChI=1S/C29H29BrN2O4/c1-19-16-23(36-18-20-8-5-4-6-9-20)12-13-24(19)27(33)25-26(21-10-7-11-22(30)17-21)32(15-14-31(2)3)29(35)28(25)34/h4-13,16-17,26,33H,14-15,18H2,1-3H3/b27-25+/t26-/m0/s1. The molecule has 3 aromatic carbocycles. The number of benzene rings is 3. The number of carbonyl (C=O) groups excluding carboxylic acids is 2. The number of aliphatic hydroxyl groups excluding tert-OH is 1. The Kier molecular flexibility index (Phi) is 7.91. The molecule has 0 radical (unpaired) electrons. The van der Waals surface area contributed by atoms with Gasteiger partial charge in [0.05, 0.1) is 11.6 Å². The molecule has 7 heteroatoms. The van der Waals surface area contributed by atoms with Gasteiger partial charge in [-0.25, -0.2) is 0 Å². The van der Waals surface area contributed by atoms with Crippen molar-refractivity contribution in [3.05, 3.63) is 105 Å². The summed E-state index contributed by atoms with van der Waals surface area (Å²) < 4.78 is 6.74. The summed E-state index contributed by atoms with van der Waals surface area (Å²) in [5.41, 5.74) is 3.13. The lowest BCUT2D eigenvalue weighted by atomic mass is 9.94. The first kappa shape index (κ1) is 25.7. The van der Waals surface area contributed by atoms with Crippen LogP contribution in [0.15, 0.2) is 82.8 Å². The predicted octanol–water partition coefficient (Wildman–Crippen LogP) is 5.32. The van der Waals surface area contributed by atoms with Crippen LogP contribution in [0, 0.1) is 6.92 Å². The quantitative estimate of drug-likeness (QED) is 0.234. The van der Waals surface area contributed by atoms with Crippen molar-refractivity contribution in [2.75, 3.05) is 27.2 Å². The van der Waals surface area contributed by atoms with Crippen LogP contribution in [0.3, 0.4) is 0 Å². The smallest absolute Gasteiger partial charge is 0.295 e. The van der Waals surface area contributed by atoms with Gasteiger partial charge in [-0.1, -0.05) is 58.4 Å². The van der Waals surface area contributed by atoms with Crippen molar-refractivity contribution in [2.45, 2.75) is 19.6 Å². The molecule has 6 nitrogen and oxygen atoms in total. The minimum Gasteiger partial charge on any atom is -0.507 e. The third-order valence-electron chi connectivity index (χ3n) is 6.19. The molecule has 1 amide bonds. The summed E-state index contributed by atoms with van der Waals surface area (Å²) in [6.45, 7) is 3.22. The fourth-order valence-electron chi connectivity index (χ4n) is 4.32. The van der Waals surface area contributed by atoms with Crippen LogP contribution in [0.1, 0.15) is 28.3 Å². The van der Waals surface area contributed by atoms with Crippen LogP contribution in [0.5, 0.6) is 5.75 Å². The van der Waals surface area contributed by atoms with Gasteiger partial charge >= 0.3 is 0 Å². The van der Waals surface area contributed by atoms with Gasteiger partial charge in [0.25, 0.3) is 11.7 Å². The molecular formula is C29H29BrN2O4. The van der Waals surface area contributed by atoms with Gasteiger partial charge in [0.2, 0.25) is 0 Å². The maximum atomic E-state index is 13.2. The highest BCUT2D eigenvalue weighted by Gasteiger charge is 2.46. The molecule has 1 N–H and O–H groups in total. The fourth-order valence-corrected chi connectivity index (χ4v) is 4.74. The molecule has 0 aliphatic carbocycles. The van der Waals surface area contributed by atoms with Gasteiger partial charge < -0.3 is 19.6 Å². The molecule has 0 unspecified atom stereocenters. The first-order chi connectivity index (χ1) is 17.3. The van der Waals surface area contributed by atoms with Gasteiger partial charge in [0.1, 0.15) is 18.1 Å². The zero-order chi connectivity index (χ0) is 25.8. The number of hydrogen-bond acceptors (Lipinski definition) is 5. The molecule has 1 aliphatic rings. The fraction of sp³-hybridized carbons (Fsp3) is 0.241. The number of hydrogen-bond donors (Lipinski definition) is 1. The summed E-state index contributed by atoms with van der Waals surface area (Å²) in [5.74, 6) is -0.815. The lowest BCUT2D eigenvalue weighted by molar-refractivity contribution is -0.140. The average molecular weight is 549 g/mol. The lowest BCUT2D eigenvalue weighted by Crippen LogP contribution is -2.35. The van der Waals surface area contributed by atoms with Gasteiger partial charge in [-0.2, -0.15) is 0 Å². The van der Waals surface area contributed by atoms with Crippen LogP contribution in [-0.4, -0.2) is 53.8 Å². The molecule has 4 rings (SSSR count). The number of likely N-dealkylation sites (N-methyl/N-ethyl adjacent to an activating group) is 1. The third kappa shape index (κ3) is 5.53. The number of amides is 1. The second-order valence-corrected chi connectivity index (χ2v) is 10.0. The molecule has 1 fully saturated rings. The molecule has 0 aromatic heterocycles. The van der Waals surface area contributed by atoms with E-state index in [1.165, 1.54) is 0 Å². The molecule has 1 saturated heterocycles. The molecule has 0 bridgehead atoms. The number of ketones is 1. The number of Topliss-reactive ketones (excluding diaryl/α,β-unsaturated/α-hetero) is 1. The van der Waals surface area contributed by atoms with E-state index >= 15 is 0 Å². The zero-order valence-corrected chi connectivity index (χ0v) is 22.2. The van der Waals surface area contributed by atoms with Crippen molar-refractivity contribution in [1.29, 1.82) is 0 Å². The second kappa shape index (κ2) is 11.1. The van der Waals surface area contributed by atoms with Crippen molar-refractivity contribution in [3.8, 4) is 5.75 Å². The number of aryl methyl sites for hydroxylation is 1. The van der Waals surface area contributed by atoms with Crippen molar-refractivity contribution in [1.82, 2.24) is 9.80 Å². The number of rotatable bonds is 8. The summed E-state index contributed by atoms with van der Waals surface area (Å²) >= 11 is 3.49. The maximum absolute atomic E-state index is 13.2. The molecule has 0 saturated carbocycles. The SMILES string of the molecule is Cc1cc(OCc2ccccc2)ccc1/C(O)=C1\C(=O)C(=O)N(CCN(C)C)[C@H]1c1cccc(Br)c1. The molecule has 186 valence electrons. The van der Waals surface area contributed by atoms with Crippen molar-refractivity contribution >= 4 is 33.4 Å². The monoisotopic (exact) mass is 548 g/mol. The minimum absolute atomic E-state index is 0.0953. The lowest BCUT2D eigenvalue weighted by Gasteiger charge is -2.26. The average Bonchev–Trinajstić information content (AvgIpc) is 3.11. The number of carbonyl (C=O) groups is 2. The normalized spacial score (nSPS) is 17.1. The number of aliphatic hydroxyl groups is 1. The number of likely N-dealkylation sites (tertiary alicyclic amines) is 1. The Morgan fingerprint density at radius 2 is 1.78 bits per heavy atom. The summed E-state index contributed by atoms with van der Waals surface area (Å²) in [4.78, 5) is 29.8. The van der Waals surface area contributed by atoms with Gasteiger partial charge in [0, 0.05) is 23.1 Å². The molecule has 1 atom stereocenters. The van der Waals surface area contributed by atoms with Crippen molar-refractivity contribution in [2.24, 2.45) is 0 Å². The first-order valence-electron chi connectivity index (χ1n) is 11.7. The molecule has 0 spiro atoms. The largest absolute Gasteiger partial charge is 0.507 e. The number of ether oxygens (including phenoxy) is 1. The Bertz CT molecular complexity index is 1300. The van der Waals surface area contributed by atoms with Gasteiger partial charge in [0.15, 0.2) is 0 Å². The Balaban J connectivity index is 1.71. The molecule has 3 aromatic rings. The van der Waals surface area contributed by atoms with Crippen LogP contribution < -0.4 is 4.74 Å². The van der Waals surface area contributed by atoms with E-state index in [2.05, 4.69) is 15.9 Å². The van der Waals surface area contributed by atoms with Crippen molar-refractivity contribution in [3.63, 3.8) is 0 Å². The first-order valence-corrected chi connectivity index (χ1v) is 12.5. The number of halogens is 1. The highest BCUT2D eigenvalue weighted by Crippen LogP contribution is 2.40. The Hall–Kier alpha value is -3.42. The van der Waals surface area contributed by atoms with E-state index in [1.54, 1.807) is 17.0 Å². The van der Waals surface area contributed by atoms with Crippen LogP contribution >= 0.6 is 15.9 Å². The van der Waals surface area contributed by atoms with E-state index < -0.39 is 17.7 Å². The maximum Gasteiger partial charge on any atom is 0.295 e. The Morgan fingerprint density at radius 3 is 2.44 bits per heavy atom. The third-order valence-corrected chi connectivity index (χ3v) is 6.69. The topological polar surface area (TPSA) is 70.1 Å². The number of nitrogens with zero attached hydrogens (tertiary/aromatic N) is 2. The Morgan fingerprint density at radius 1 is 1.03 bits per heavy atom. The Labute approximate surface area is 219 Å². The second-order valence-electron chi connectivity index (χ2n) is 9.10.